The lowest BCUT2D eigenvalue weighted by Crippen LogP contribution is -2.47. The molecule has 160 valence electrons. The minimum Gasteiger partial charge on any atom is -0.301 e. The van der Waals surface area contributed by atoms with E-state index in [1.807, 2.05) is 5.38 Å². The lowest BCUT2D eigenvalue weighted by molar-refractivity contribution is -0.126. The molecule has 2 aromatic heterocycles. The molecule has 0 saturated carbocycles. The van der Waals surface area contributed by atoms with E-state index in [1.165, 1.54) is 51.7 Å². The Morgan fingerprint density at radius 2 is 1.84 bits per heavy atom. The van der Waals surface area contributed by atoms with Gasteiger partial charge in [-0.15, -0.1) is 11.3 Å². The van der Waals surface area contributed by atoms with Crippen LogP contribution in [0.25, 0.3) is 0 Å². The number of hydrogen-bond acceptors (Lipinski definition) is 6. The Labute approximate surface area is 193 Å². The molecule has 1 amide bonds. The number of anilines is 1. The SMILES string of the molecule is CC1(C(=O)Nc2nc(CSc3ncn[nH]3)cs2)CC2c3ccccc3C1c1ccccc12. The molecule has 0 radical (unpaired) electrons. The van der Waals surface area contributed by atoms with Gasteiger partial charge in [0.1, 0.15) is 6.33 Å². The Balaban J connectivity index is 1.27. The van der Waals surface area contributed by atoms with Crippen LogP contribution in [0, 0.1) is 5.41 Å². The summed E-state index contributed by atoms with van der Waals surface area (Å²) in [6.45, 7) is 2.11. The Bertz CT molecular complexity index is 1250. The topological polar surface area (TPSA) is 83.6 Å². The van der Waals surface area contributed by atoms with Crippen molar-refractivity contribution in [2.75, 3.05) is 5.32 Å². The Hall–Kier alpha value is -2.97. The summed E-state index contributed by atoms with van der Waals surface area (Å²) >= 11 is 3.00. The molecule has 32 heavy (non-hydrogen) atoms. The van der Waals surface area contributed by atoms with Crippen LogP contribution in [0.4, 0.5) is 5.13 Å². The molecule has 2 heterocycles. The highest BCUT2D eigenvalue weighted by Gasteiger charge is 2.53. The molecule has 0 spiro atoms. The van der Waals surface area contributed by atoms with Crippen LogP contribution in [0.1, 0.15) is 53.1 Å². The number of nitrogens with one attached hydrogen (secondary N) is 2. The summed E-state index contributed by atoms with van der Waals surface area (Å²) in [5, 5.41) is 13.2. The third kappa shape index (κ3) is 3.09. The molecule has 8 heteroatoms. The van der Waals surface area contributed by atoms with Gasteiger partial charge in [0.05, 0.1) is 11.1 Å². The molecule has 3 aliphatic carbocycles. The number of hydrogen-bond donors (Lipinski definition) is 2. The zero-order valence-corrected chi connectivity index (χ0v) is 19.0. The second kappa shape index (κ2) is 7.56. The van der Waals surface area contributed by atoms with Crippen LogP contribution in [0.2, 0.25) is 0 Å². The zero-order valence-electron chi connectivity index (χ0n) is 17.4. The Morgan fingerprint density at radius 1 is 1.16 bits per heavy atom. The molecule has 1 unspecified atom stereocenters. The fraction of sp³-hybridized carbons (Fsp3) is 0.250. The van der Waals surface area contributed by atoms with Crippen LogP contribution in [0.5, 0.6) is 0 Å². The number of H-pyrrole nitrogens is 1. The molecule has 1 atom stereocenters. The van der Waals surface area contributed by atoms with E-state index in [9.17, 15) is 4.79 Å². The molecule has 4 aromatic rings. The number of amides is 1. The highest BCUT2D eigenvalue weighted by atomic mass is 32.2. The minimum atomic E-state index is -0.534. The maximum Gasteiger partial charge on any atom is 0.233 e. The summed E-state index contributed by atoms with van der Waals surface area (Å²) in [5.74, 6) is 1.000. The molecule has 2 aromatic carbocycles. The third-order valence-electron chi connectivity index (χ3n) is 6.67. The lowest BCUT2D eigenvalue weighted by Gasteiger charge is -2.50. The molecule has 0 saturated heterocycles. The maximum atomic E-state index is 13.7. The summed E-state index contributed by atoms with van der Waals surface area (Å²) in [4.78, 5) is 22.4. The number of carbonyl (C=O) groups excluding carboxylic acids is 1. The number of thiazole rings is 1. The first kappa shape index (κ1) is 19.7. The van der Waals surface area contributed by atoms with Gasteiger partial charge in [-0.05, 0) is 35.6 Å². The van der Waals surface area contributed by atoms with Crippen molar-refractivity contribution in [3.63, 3.8) is 0 Å². The summed E-state index contributed by atoms with van der Waals surface area (Å²) < 4.78 is 0. The van der Waals surface area contributed by atoms with Gasteiger partial charge in [-0.1, -0.05) is 60.3 Å². The highest BCUT2D eigenvalue weighted by molar-refractivity contribution is 7.98. The smallest absolute Gasteiger partial charge is 0.233 e. The summed E-state index contributed by atoms with van der Waals surface area (Å²) in [6, 6.07) is 17.2. The number of thioether (sulfide) groups is 1. The normalized spacial score (nSPS) is 22.9. The second-order valence-electron chi connectivity index (χ2n) is 8.54. The molecule has 2 bridgehead atoms. The van der Waals surface area contributed by atoms with Crippen LogP contribution >= 0.6 is 23.1 Å². The predicted octanol–water partition coefficient (Wildman–Crippen LogP) is 5.18. The second-order valence-corrected chi connectivity index (χ2v) is 10.4. The molecule has 0 fully saturated rings. The third-order valence-corrected chi connectivity index (χ3v) is 8.39. The lowest BCUT2D eigenvalue weighted by atomic mass is 9.52. The van der Waals surface area contributed by atoms with Crippen molar-refractivity contribution in [3.05, 3.63) is 88.2 Å². The predicted molar refractivity (Wildman–Crippen MR) is 126 cm³/mol. The van der Waals surface area contributed by atoms with Gasteiger partial charge in [0.2, 0.25) is 5.91 Å². The van der Waals surface area contributed by atoms with Crippen molar-refractivity contribution < 1.29 is 4.79 Å². The largest absolute Gasteiger partial charge is 0.301 e. The molecule has 0 aliphatic heterocycles. The average Bonchev–Trinajstić information content (AvgIpc) is 3.50. The van der Waals surface area contributed by atoms with Crippen molar-refractivity contribution in [2.45, 2.75) is 36.1 Å². The fourth-order valence-corrected chi connectivity index (χ4v) is 6.75. The van der Waals surface area contributed by atoms with E-state index < -0.39 is 5.41 Å². The number of aromatic amines is 1. The van der Waals surface area contributed by atoms with E-state index in [0.717, 1.165) is 17.3 Å². The van der Waals surface area contributed by atoms with Crippen molar-refractivity contribution in [1.82, 2.24) is 20.2 Å². The van der Waals surface area contributed by atoms with Gasteiger partial charge >= 0.3 is 0 Å². The Morgan fingerprint density at radius 3 is 2.50 bits per heavy atom. The summed E-state index contributed by atoms with van der Waals surface area (Å²) in [6.07, 6.45) is 2.29. The van der Waals surface area contributed by atoms with Crippen LogP contribution < -0.4 is 5.32 Å². The first-order valence-corrected chi connectivity index (χ1v) is 12.4. The van der Waals surface area contributed by atoms with Gasteiger partial charge in [0.15, 0.2) is 10.3 Å². The van der Waals surface area contributed by atoms with Crippen molar-refractivity contribution in [1.29, 1.82) is 0 Å². The highest BCUT2D eigenvalue weighted by Crippen LogP contribution is 2.61. The van der Waals surface area contributed by atoms with E-state index in [-0.39, 0.29) is 17.7 Å². The van der Waals surface area contributed by atoms with E-state index in [4.69, 9.17) is 0 Å². The van der Waals surface area contributed by atoms with Crippen LogP contribution in [-0.4, -0.2) is 26.1 Å². The number of benzene rings is 2. The fourth-order valence-electron chi connectivity index (χ4n) is 5.27. The van der Waals surface area contributed by atoms with Crippen LogP contribution in [-0.2, 0) is 10.5 Å². The molecule has 6 nitrogen and oxygen atoms in total. The number of nitrogens with zero attached hydrogens (tertiary/aromatic N) is 3. The molecule has 2 N–H and O–H groups in total. The van der Waals surface area contributed by atoms with Crippen molar-refractivity contribution >= 4 is 34.1 Å². The first-order chi connectivity index (χ1) is 15.6. The van der Waals surface area contributed by atoms with E-state index >= 15 is 0 Å². The van der Waals surface area contributed by atoms with E-state index in [1.54, 1.807) is 0 Å². The van der Waals surface area contributed by atoms with E-state index in [0.29, 0.717) is 10.9 Å². The van der Waals surface area contributed by atoms with Gasteiger partial charge in [0.25, 0.3) is 0 Å². The minimum absolute atomic E-state index is 0.0419. The van der Waals surface area contributed by atoms with E-state index in [2.05, 4.69) is 80.9 Å². The maximum absolute atomic E-state index is 13.7. The van der Waals surface area contributed by atoms with Crippen molar-refractivity contribution in [2.24, 2.45) is 5.41 Å². The number of rotatable bonds is 5. The quantitative estimate of drug-likeness (QED) is 0.402. The van der Waals surface area contributed by atoms with Crippen LogP contribution in [0.3, 0.4) is 0 Å². The summed E-state index contributed by atoms with van der Waals surface area (Å²) in [7, 11) is 0. The Kier molecular flexibility index (Phi) is 4.66. The average molecular weight is 460 g/mol. The van der Waals surface area contributed by atoms with Crippen molar-refractivity contribution in [3.8, 4) is 0 Å². The first-order valence-electron chi connectivity index (χ1n) is 10.5. The number of fused-ring (bicyclic) bond motifs is 1. The summed E-state index contributed by atoms with van der Waals surface area (Å²) in [5.41, 5.74) is 5.67. The number of carbonyl (C=O) groups is 1. The molecule has 7 rings (SSSR count). The van der Waals surface area contributed by atoms with Gasteiger partial charge < -0.3 is 5.32 Å². The van der Waals surface area contributed by atoms with Crippen LogP contribution in [0.15, 0.2) is 65.4 Å². The van der Waals surface area contributed by atoms with Gasteiger partial charge in [-0.25, -0.2) is 9.97 Å². The standard InChI is InChI=1S/C24H21N5OS2/c1-24(21(30)28-23-27-14(12-32-23)11-31-22-25-13-26-29-22)10-19-15-6-2-4-8-17(15)20(24)18-9-5-3-7-16(18)19/h2-9,12-13,19-20H,10-11H2,1H3,(H,25,26,29)(H,27,28,30). The number of aromatic nitrogens is 4. The zero-order chi connectivity index (χ0) is 21.7. The molecular weight excluding hydrogens is 438 g/mol. The molecule has 3 aliphatic rings. The monoisotopic (exact) mass is 459 g/mol. The molecular formula is C24H21N5OS2. The van der Waals surface area contributed by atoms with Gasteiger partial charge in [0, 0.05) is 23.0 Å². The van der Waals surface area contributed by atoms with Gasteiger partial charge in [-0.3, -0.25) is 9.89 Å². The van der Waals surface area contributed by atoms with Gasteiger partial charge in [-0.2, -0.15) is 5.10 Å².